The molecule has 5 aromatic rings. The molecular weight excluding hydrogens is 531 g/mol. The van der Waals surface area contributed by atoms with Gasteiger partial charge < -0.3 is 5.32 Å². The van der Waals surface area contributed by atoms with Crippen LogP contribution in [-0.2, 0) is 0 Å². The van der Waals surface area contributed by atoms with Crippen LogP contribution in [0, 0.1) is 26.6 Å². The van der Waals surface area contributed by atoms with E-state index in [2.05, 4.69) is 32.6 Å². The molecule has 0 radical (unpaired) electrons. The van der Waals surface area contributed by atoms with Crippen LogP contribution in [0.3, 0.4) is 0 Å². The van der Waals surface area contributed by atoms with E-state index in [1.54, 1.807) is 34.6 Å². The number of hydrogen-bond donors (Lipinski definition) is 1. The van der Waals surface area contributed by atoms with Gasteiger partial charge in [-0.2, -0.15) is 0 Å². The minimum absolute atomic E-state index is 0.0128. The summed E-state index contributed by atoms with van der Waals surface area (Å²) in [6, 6.07) is 10.7. The molecule has 1 aliphatic heterocycles. The summed E-state index contributed by atoms with van der Waals surface area (Å²) >= 11 is 3.03. The number of aryl methyl sites for hydroxylation is 3. The average molecular weight is 559 g/mol. The van der Waals surface area contributed by atoms with Crippen LogP contribution in [0.5, 0.6) is 0 Å². The van der Waals surface area contributed by atoms with E-state index in [0.29, 0.717) is 22.9 Å². The van der Waals surface area contributed by atoms with E-state index in [1.165, 1.54) is 17.4 Å². The maximum atomic E-state index is 15.5. The van der Waals surface area contributed by atoms with Crippen LogP contribution in [-0.4, -0.2) is 45.2 Å². The molecule has 6 rings (SSSR count). The van der Waals surface area contributed by atoms with Gasteiger partial charge in [-0.1, -0.05) is 17.4 Å². The van der Waals surface area contributed by atoms with Gasteiger partial charge in [0.1, 0.15) is 21.7 Å². The lowest BCUT2D eigenvalue weighted by Crippen LogP contribution is -2.49. The predicted molar refractivity (Wildman–Crippen MR) is 155 cm³/mol. The van der Waals surface area contributed by atoms with E-state index in [9.17, 15) is 4.79 Å². The summed E-state index contributed by atoms with van der Waals surface area (Å²) in [5.74, 6) is -0.430. The minimum atomic E-state index is -0.584. The second kappa shape index (κ2) is 10.5. The number of nitrogens with zero attached hydrogens (tertiary/aromatic N) is 5. The highest BCUT2D eigenvalue weighted by Crippen LogP contribution is 2.36. The number of carbonyl (C=O) groups is 1. The largest absolute Gasteiger partial charge is 0.315 e. The zero-order chi connectivity index (χ0) is 27.1. The quantitative estimate of drug-likeness (QED) is 0.271. The Morgan fingerprint density at radius 3 is 2.59 bits per heavy atom. The lowest BCUT2D eigenvalue weighted by atomic mass is 9.99. The van der Waals surface area contributed by atoms with Crippen molar-refractivity contribution in [2.75, 3.05) is 18.0 Å². The predicted octanol–water partition coefficient (Wildman–Crippen LogP) is 6.34. The molecular formula is C29H27FN6OS2. The molecule has 0 saturated carbocycles. The topological polar surface area (TPSA) is 83.9 Å². The first kappa shape index (κ1) is 25.7. The summed E-state index contributed by atoms with van der Waals surface area (Å²) in [4.78, 5) is 26.1. The highest BCUT2D eigenvalue weighted by Gasteiger charge is 2.32. The Morgan fingerprint density at radius 1 is 1.03 bits per heavy atom. The van der Waals surface area contributed by atoms with Gasteiger partial charge in [-0.3, -0.25) is 9.69 Å². The van der Waals surface area contributed by atoms with Gasteiger partial charge in [-0.05, 0) is 87.0 Å². The fourth-order valence-electron chi connectivity index (χ4n) is 5.18. The number of aromatic nitrogens is 4. The Bertz CT molecular complexity index is 1690. The molecule has 1 N–H and O–H groups in total. The van der Waals surface area contributed by atoms with Crippen LogP contribution in [0.25, 0.3) is 31.8 Å². The van der Waals surface area contributed by atoms with Gasteiger partial charge in [-0.15, -0.1) is 21.5 Å². The first-order valence-corrected chi connectivity index (χ1v) is 14.5. The first-order valence-electron chi connectivity index (χ1n) is 12.9. The summed E-state index contributed by atoms with van der Waals surface area (Å²) < 4.78 is 15.5. The van der Waals surface area contributed by atoms with Crippen molar-refractivity contribution in [3.05, 3.63) is 75.8 Å². The van der Waals surface area contributed by atoms with Crippen LogP contribution in [0.15, 0.2) is 48.8 Å². The SMILES string of the molecule is Cc1ncc(-c2cc(C)c3c(N(C(=O)c4ccc(-c5nnc(C)s5)cc4F)[C@@H]4CCCNC4)nccc3c2)s1. The monoisotopic (exact) mass is 558 g/mol. The number of pyridine rings is 1. The number of amides is 1. The number of carbonyl (C=O) groups excluding carboxylic acids is 1. The first-order chi connectivity index (χ1) is 18.9. The molecule has 1 aliphatic rings. The van der Waals surface area contributed by atoms with Crippen molar-refractivity contribution >= 4 is 45.2 Å². The number of benzene rings is 2. The maximum Gasteiger partial charge on any atom is 0.262 e. The molecule has 2 aromatic carbocycles. The van der Waals surface area contributed by atoms with Crippen molar-refractivity contribution in [2.45, 2.75) is 39.7 Å². The summed E-state index contributed by atoms with van der Waals surface area (Å²) in [7, 11) is 0. The third-order valence-electron chi connectivity index (χ3n) is 7.00. The van der Waals surface area contributed by atoms with Crippen molar-refractivity contribution in [1.82, 2.24) is 25.5 Å². The number of nitrogens with one attached hydrogen (secondary N) is 1. The van der Waals surface area contributed by atoms with Crippen LogP contribution < -0.4 is 10.2 Å². The van der Waals surface area contributed by atoms with E-state index in [1.807, 2.05) is 33.0 Å². The van der Waals surface area contributed by atoms with Crippen molar-refractivity contribution < 1.29 is 9.18 Å². The highest BCUT2D eigenvalue weighted by atomic mass is 32.1. The summed E-state index contributed by atoms with van der Waals surface area (Å²) in [5, 5.41) is 15.8. The summed E-state index contributed by atoms with van der Waals surface area (Å²) in [6.45, 7) is 7.39. The van der Waals surface area contributed by atoms with Crippen LogP contribution >= 0.6 is 22.7 Å². The molecule has 1 fully saturated rings. The molecule has 0 bridgehead atoms. The zero-order valence-corrected chi connectivity index (χ0v) is 23.5. The number of halogens is 1. The molecule has 1 saturated heterocycles. The molecule has 10 heteroatoms. The van der Waals surface area contributed by atoms with Crippen LogP contribution in [0.1, 0.15) is 38.8 Å². The number of rotatable bonds is 5. The normalized spacial score (nSPS) is 15.5. The molecule has 1 atom stereocenters. The van der Waals surface area contributed by atoms with E-state index < -0.39 is 11.7 Å². The second-order valence-corrected chi connectivity index (χ2v) is 12.2. The standard InChI is InChI=1S/C29H27FN6OS2/c1-16-11-21(25-15-33-17(2)38-25)12-19-8-10-32-27(26(16)19)36(22-5-4-9-31-14-22)29(37)23-7-6-20(13-24(23)30)28-35-34-18(3)39-28/h6-8,10-13,15,22,31H,4-5,9,14H2,1-3H3/t22-/m1/s1. The second-order valence-electron chi connectivity index (χ2n) is 9.77. The molecule has 3 aromatic heterocycles. The fraction of sp³-hybridized carbons (Fsp3) is 0.276. The van der Waals surface area contributed by atoms with Gasteiger partial charge in [-0.25, -0.2) is 14.4 Å². The van der Waals surface area contributed by atoms with E-state index >= 15 is 4.39 Å². The van der Waals surface area contributed by atoms with Gasteiger partial charge >= 0.3 is 0 Å². The van der Waals surface area contributed by atoms with Gasteiger partial charge in [0.05, 0.1) is 21.5 Å². The Labute approximate surface area is 233 Å². The molecule has 39 heavy (non-hydrogen) atoms. The van der Waals surface area contributed by atoms with Crippen molar-refractivity contribution in [3.63, 3.8) is 0 Å². The number of hydrogen-bond acceptors (Lipinski definition) is 8. The molecule has 1 amide bonds. The van der Waals surface area contributed by atoms with Crippen molar-refractivity contribution in [3.8, 4) is 21.0 Å². The molecule has 4 heterocycles. The van der Waals surface area contributed by atoms with E-state index in [-0.39, 0.29) is 11.6 Å². The highest BCUT2D eigenvalue weighted by molar-refractivity contribution is 7.15. The molecule has 0 aliphatic carbocycles. The minimum Gasteiger partial charge on any atom is -0.315 e. The smallest absolute Gasteiger partial charge is 0.262 e. The summed E-state index contributed by atoms with van der Waals surface area (Å²) in [6.07, 6.45) is 5.34. The molecule has 7 nitrogen and oxygen atoms in total. The number of thiazole rings is 1. The Balaban J connectivity index is 1.45. The number of fused-ring (bicyclic) bond motifs is 1. The molecule has 0 unspecified atom stereocenters. The molecule has 0 spiro atoms. The van der Waals surface area contributed by atoms with Gasteiger partial charge in [0.15, 0.2) is 0 Å². The van der Waals surface area contributed by atoms with Crippen LogP contribution in [0.2, 0.25) is 0 Å². The Morgan fingerprint density at radius 2 is 1.90 bits per heavy atom. The fourth-order valence-corrected chi connectivity index (χ4v) is 6.63. The van der Waals surface area contributed by atoms with E-state index in [0.717, 1.165) is 56.2 Å². The third kappa shape index (κ3) is 4.95. The molecule has 198 valence electrons. The zero-order valence-electron chi connectivity index (χ0n) is 21.9. The summed E-state index contributed by atoms with van der Waals surface area (Å²) in [5.41, 5.74) is 2.69. The number of piperidine rings is 1. The Kier molecular flexibility index (Phi) is 6.92. The Hall–Kier alpha value is -3.60. The van der Waals surface area contributed by atoms with Crippen molar-refractivity contribution in [2.24, 2.45) is 0 Å². The average Bonchev–Trinajstić information content (AvgIpc) is 3.57. The number of anilines is 1. The van der Waals surface area contributed by atoms with Crippen LogP contribution in [0.4, 0.5) is 10.2 Å². The lowest BCUT2D eigenvalue weighted by Gasteiger charge is -2.35. The lowest BCUT2D eigenvalue weighted by molar-refractivity contribution is 0.0968. The van der Waals surface area contributed by atoms with Gasteiger partial charge in [0.25, 0.3) is 5.91 Å². The third-order valence-corrected chi connectivity index (χ3v) is 8.85. The van der Waals surface area contributed by atoms with E-state index in [4.69, 9.17) is 4.98 Å². The maximum absolute atomic E-state index is 15.5. The van der Waals surface area contributed by atoms with Gasteiger partial charge in [0.2, 0.25) is 0 Å². The van der Waals surface area contributed by atoms with Gasteiger partial charge in [0, 0.05) is 29.9 Å². The van der Waals surface area contributed by atoms with Crippen molar-refractivity contribution in [1.29, 1.82) is 0 Å².